The zero-order valence-corrected chi connectivity index (χ0v) is 7.66. The van der Waals surface area contributed by atoms with Crippen molar-refractivity contribution in [3.05, 3.63) is 41.5 Å². The first-order valence-corrected chi connectivity index (χ1v) is 4.55. The Morgan fingerprint density at radius 1 is 1.38 bits per heavy atom. The third-order valence-corrected chi connectivity index (χ3v) is 2.53. The first kappa shape index (κ1) is 8.24. The third kappa shape index (κ3) is 1.42. The van der Waals surface area contributed by atoms with Crippen LogP contribution in [0, 0.1) is 0 Å². The molecular weight excluding hydrogens is 160 g/mol. The van der Waals surface area contributed by atoms with Gasteiger partial charge in [0.25, 0.3) is 0 Å². The van der Waals surface area contributed by atoms with Crippen molar-refractivity contribution in [2.75, 3.05) is 0 Å². The summed E-state index contributed by atoms with van der Waals surface area (Å²) in [5.74, 6) is 0.345. The van der Waals surface area contributed by atoms with Crippen LogP contribution < -0.4 is 0 Å². The number of ketones is 1. The molecule has 0 saturated heterocycles. The monoisotopic (exact) mass is 172 g/mol. The van der Waals surface area contributed by atoms with Crippen LogP contribution in [0.3, 0.4) is 0 Å². The van der Waals surface area contributed by atoms with E-state index in [9.17, 15) is 4.79 Å². The van der Waals surface area contributed by atoms with E-state index >= 15 is 0 Å². The average molecular weight is 172 g/mol. The molecule has 1 unspecified atom stereocenters. The molecule has 0 fully saturated rings. The van der Waals surface area contributed by atoms with Gasteiger partial charge >= 0.3 is 0 Å². The van der Waals surface area contributed by atoms with Crippen LogP contribution >= 0.6 is 0 Å². The molecule has 0 radical (unpaired) electrons. The van der Waals surface area contributed by atoms with Crippen LogP contribution in [0.2, 0.25) is 0 Å². The highest BCUT2D eigenvalue weighted by Gasteiger charge is 2.19. The van der Waals surface area contributed by atoms with Crippen LogP contribution in [0.15, 0.2) is 30.3 Å². The van der Waals surface area contributed by atoms with Crippen molar-refractivity contribution in [2.24, 2.45) is 0 Å². The summed E-state index contributed by atoms with van der Waals surface area (Å²) in [7, 11) is 0. The van der Waals surface area contributed by atoms with E-state index in [4.69, 9.17) is 0 Å². The van der Waals surface area contributed by atoms with Crippen molar-refractivity contribution in [1.82, 2.24) is 0 Å². The quantitative estimate of drug-likeness (QED) is 0.636. The molecule has 13 heavy (non-hydrogen) atoms. The zero-order chi connectivity index (χ0) is 9.26. The lowest BCUT2D eigenvalue weighted by Gasteiger charge is -2.18. The maximum atomic E-state index is 11.3. The number of allylic oxidation sites excluding steroid dienone is 1. The Balaban J connectivity index is 2.49. The zero-order valence-electron chi connectivity index (χ0n) is 7.66. The van der Waals surface area contributed by atoms with Gasteiger partial charge in [-0.3, -0.25) is 4.79 Å². The number of hydrogen-bond acceptors (Lipinski definition) is 1. The van der Waals surface area contributed by atoms with E-state index in [1.54, 1.807) is 6.92 Å². The number of carbonyl (C=O) groups is 1. The molecular formula is C12H12O. The fraction of sp³-hybridized carbons (Fsp3) is 0.250. The highest BCUT2D eigenvalue weighted by atomic mass is 16.1. The number of benzene rings is 1. The smallest absolute Gasteiger partial charge is 0.137 e. The number of carbonyl (C=O) groups excluding carboxylic acids is 1. The second-order valence-corrected chi connectivity index (χ2v) is 3.43. The van der Waals surface area contributed by atoms with Crippen molar-refractivity contribution >= 4 is 11.9 Å². The van der Waals surface area contributed by atoms with Gasteiger partial charge in [0.2, 0.25) is 0 Å². The predicted octanol–water partition coefficient (Wildman–Crippen LogP) is 2.78. The van der Waals surface area contributed by atoms with E-state index in [-0.39, 0.29) is 11.7 Å². The van der Waals surface area contributed by atoms with Crippen LogP contribution in [0.4, 0.5) is 0 Å². The van der Waals surface area contributed by atoms with E-state index in [1.807, 2.05) is 18.2 Å². The van der Waals surface area contributed by atoms with E-state index < -0.39 is 0 Å². The minimum absolute atomic E-state index is 0.0844. The summed E-state index contributed by atoms with van der Waals surface area (Å²) in [6.45, 7) is 1.67. The lowest BCUT2D eigenvalue weighted by molar-refractivity contribution is -0.118. The average Bonchev–Trinajstić information content (AvgIpc) is 2.17. The third-order valence-electron chi connectivity index (χ3n) is 2.53. The van der Waals surface area contributed by atoms with Gasteiger partial charge in [-0.15, -0.1) is 0 Å². The molecule has 66 valence electrons. The molecule has 2 rings (SSSR count). The van der Waals surface area contributed by atoms with Gasteiger partial charge in [0.1, 0.15) is 5.78 Å². The highest BCUT2D eigenvalue weighted by molar-refractivity contribution is 5.86. The lowest BCUT2D eigenvalue weighted by Crippen LogP contribution is -2.11. The van der Waals surface area contributed by atoms with Crippen molar-refractivity contribution in [1.29, 1.82) is 0 Å². The van der Waals surface area contributed by atoms with Gasteiger partial charge in [-0.05, 0) is 24.5 Å². The van der Waals surface area contributed by atoms with Crippen LogP contribution in [-0.4, -0.2) is 5.78 Å². The summed E-state index contributed by atoms with van der Waals surface area (Å²) in [5.41, 5.74) is 2.37. The topological polar surface area (TPSA) is 17.1 Å². The van der Waals surface area contributed by atoms with E-state index in [2.05, 4.69) is 18.2 Å². The van der Waals surface area contributed by atoms with Crippen molar-refractivity contribution < 1.29 is 4.79 Å². The van der Waals surface area contributed by atoms with Crippen molar-refractivity contribution in [3.8, 4) is 0 Å². The number of hydrogen-bond donors (Lipinski definition) is 0. The van der Waals surface area contributed by atoms with Crippen LogP contribution in [0.5, 0.6) is 0 Å². The van der Waals surface area contributed by atoms with Gasteiger partial charge in [-0.25, -0.2) is 0 Å². The summed E-state index contributed by atoms with van der Waals surface area (Å²) >= 11 is 0. The van der Waals surface area contributed by atoms with Crippen LogP contribution in [0.25, 0.3) is 6.08 Å². The number of fused-ring (bicyclic) bond motifs is 1. The molecule has 1 aliphatic carbocycles. The largest absolute Gasteiger partial charge is 0.299 e. The minimum atomic E-state index is 0.0844. The Bertz CT molecular complexity index is 363. The standard InChI is InChI=1S/C12H12O/c1-9(13)11-8-4-6-10-5-2-3-7-12(10)11/h2-7,11H,8H2,1H3. The summed E-state index contributed by atoms with van der Waals surface area (Å²) in [6.07, 6.45) is 5.02. The molecule has 0 N–H and O–H groups in total. The van der Waals surface area contributed by atoms with E-state index in [1.165, 1.54) is 11.1 Å². The Kier molecular flexibility index (Phi) is 2.01. The highest BCUT2D eigenvalue weighted by Crippen LogP contribution is 2.29. The van der Waals surface area contributed by atoms with Crippen molar-refractivity contribution in [3.63, 3.8) is 0 Å². The molecule has 0 aliphatic heterocycles. The predicted molar refractivity (Wildman–Crippen MR) is 53.5 cm³/mol. The Hall–Kier alpha value is -1.37. The van der Waals surface area contributed by atoms with Gasteiger partial charge in [-0.1, -0.05) is 36.4 Å². The normalized spacial score (nSPS) is 19.6. The van der Waals surface area contributed by atoms with E-state index in [0.717, 1.165) is 6.42 Å². The first-order chi connectivity index (χ1) is 6.29. The minimum Gasteiger partial charge on any atom is -0.299 e. The number of Topliss-reactive ketones (excluding diaryl/α,β-unsaturated/α-hetero) is 1. The molecule has 0 heterocycles. The molecule has 1 aliphatic rings. The molecule has 0 bridgehead atoms. The second kappa shape index (κ2) is 3.17. The maximum absolute atomic E-state index is 11.3. The SMILES string of the molecule is CC(=O)C1CC=Cc2ccccc21. The van der Waals surface area contributed by atoms with E-state index in [0.29, 0.717) is 0 Å². The Labute approximate surface area is 78.1 Å². The Morgan fingerprint density at radius 2 is 2.15 bits per heavy atom. The fourth-order valence-corrected chi connectivity index (χ4v) is 1.82. The van der Waals surface area contributed by atoms with Gasteiger partial charge in [0.05, 0.1) is 0 Å². The molecule has 1 atom stereocenters. The fourth-order valence-electron chi connectivity index (χ4n) is 1.82. The molecule has 1 aromatic carbocycles. The molecule has 0 saturated carbocycles. The molecule has 0 spiro atoms. The molecule has 0 aromatic heterocycles. The summed E-state index contributed by atoms with van der Waals surface area (Å²) in [6, 6.07) is 8.10. The maximum Gasteiger partial charge on any atom is 0.137 e. The summed E-state index contributed by atoms with van der Waals surface area (Å²) < 4.78 is 0. The van der Waals surface area contributed by atoms with Gasteiger partial charge in [-0.2, -0.15) is 0 Å². The number of rotatable bonds is 1. The van der Waals surface area contributed by atoms with Crippen molar-refractivity contribution in [2.45, 2.75) is 19.3 Å². The molecule has 1 aromatic rings. The van der Waals surface area contributed by atoms with Gasteiger partial charge < -0.3 is 0 Å². The first-order valence-electron chi connectivity index (χ1n) is 4.55. The van der Waals surface area contributed by atoms with Gasteiger partial charge in [0, 0.05) is 5.92 Å². The van der Waals surface area contributed by atoms with Gasteiger partial charge in [0.15, 0.2) is 0 Å². The summed E-state index contributed by atoms with van der Waals surface area (Å²) in [4.78, 5) is 11.3. The van der Waals surface area contributed by atoms with Crippen LogP contribution in [0.1, 0.15) is 30.4 Å². The van der Waals surface area contributed by atoms with Crippen LogP contribution in [-0.2, 0) is 4.79 Å². The molecule has 1 nitrogen and oxygen atoms in total. The summed E-state index contributed by atoms with van der Waals surface area (Å²) in [5, 5.41) is 0. The second-order valence-electron chi connectivity index (χ2n) is 3.43. The molecule has 1 heteroatoms. The molecule has 0 amide bonds. The Morgan fingerprint density at radius 3 is 2.92 bits per heavy atom. The lowest BCUT2D eigenvalue weighted by atomic mass is 9.85.